The molecule has 1 aliphatic heterocycles. The van der Waals surface area contributed by atoms with E-state index in [1.807, 2.05) is 4.90 Å². The lowest BCUT2D eigenvalue weighted by molar-refractivity contribution is 0.0748. The van der Waals surface area contributed by atoms with Crippen LogP contribution in [0, 0.1) is 5.92 Å². The van der Waals surface area contributed by atoms with E-state index in [1.165, 1.54) is 6.42 Å². The molecule has 0 spiro atoms. The SMILES string of the molecule is CC1CCCN(C(=O)c2n[nH]c(C(C)(C)C)n2)CC1. The van der Waals surface area contributed by atoms with Crippen LogP contribution < -0.4 is 0 Å². The third-order valence-electron chi connectivity index (χ3n) is 3.69. The number of nitrogens with one attached hydrogen (secondary N) is 1. The van der Waals surface area contributed by atoms with Crippen molar-refractivity contribution in [1.29, 1.82) is 0 Å². The van der Waals surface area contributed by atoms with Gasteiger partial charge in [0.2, 0.25) is 5.82 Å². The number of aromatic nitrogens is 3. The Kier molecular flexibility index (Phi) is 3.92. The Morgan fingerprint density at radius 2 is 2.05 bits per heavy atom. The van der Waals surface area contributed by atoms with Gasteiger partial charge in [-0.05, 0) is 25.2 Å². The highest BCUT2D eigenvalue weighted by Gasteiger charge is 2.25. The van der Waals surface area contributed by atoms with Gasteiger partial charge in [-0.2, -0.15) is 0 Å². The van der Waals surface area contributed by atoms with Crippen molar-refractivity contribution in [2.24, 2.45) is 5.92 Å². The quantitative estimate of drug-likeness (QED) is 0.847. The van der Waals surface area contributed by atoms with Gasteiger partial charge in [-0.15, -0.1) is 5.10 Å². The molecule has 1 aromatic heterocycles. The fourth-order valence-corrected chi connectivity index (χ4v) is 2.30. The summed E-state index contributed by atoms with van der Waals surface area (Å²) in [4.78, 5) is 18.6. The van der Waals surface area contributed by atoms with Crippen molar-refractivity contribution >= 4 is 5.91 Å². The molecule has 1 fully saturated rings. The van der Waals surface area contributed by atoms with Crippen LogP contribution in [0.2, 0.25) is 0 Å². The predicted octanol–water partition coefficient (Wildman–Crippen LogP) is 2.36. The summed E-state index contributed by atoms with van der Waals surface area (Å²) in [5.74, 6) is 1.73. The predicted molar refractivity (Wildman–Crippen MR) is 74.0 cm³/mol. The first-order valence-corrected chi connectivity index (χ1v) is 7.10. The molecule has 5 nitrogen and oxygen atoms in total. The highest BCUT2D eigenvalue weighted by Crippen LogP contribution is 2.20. The number of hydrogen-bond donors (Lipinski definition) is 1. The highest BCUT2D eigenvalue weighted by molar-refractivity contribution is 5.90. The number of amides is 1. The number of hydrogen-bond acceptors (Lipinski definition) is 3. The maximum absolute atomic E-state index is 12.4. The third kappa shape index (κ3) is 3.33. The minimum atomic E-state index is -0.112. The van der Waals surface area contributed by atoms with Gasteiger partial charge in [0.15, 0.2) is 0 Å². The van der Waals surface area contributed by atoms with Crippen molar-refractivity contribution in [3.8, 4) is 0 Å². The molecule has 0 saturated carbocycles. The fraction of sp³-hybridized carbons (Fsp3) is 0.786. The van der Waals surface area contributed by atoms with Gasteiger partial charge < -0.3 is 4.90 Å². The third-order valence-corrected chi connectivity index (χ3v) is 3.69. The summed E-state index contributed by atoms with van der Waals surface area (Å²) < 4.78 is 0. The van der Waals surface area contributed by atoms with Crippen LogP contribution in [-0.4, -0.2) is 39.1 Å². The zero-order valence-corrected chi connectivity index (χ0v) is 12.4. The zero-order valence-electron chi connectivity index (χ0n) is 12.4. The average Bonchev–Trinajstić information content (AvgIpc) is 2.73. The van der Waals surface area contributed by atoms with Crippen LogP contribution in [0.1, 0.15) is 63.4 Å². The van der Waals surface area contributed by atoms with Crippen molar-refractivity contribution in [2.75, 3.05) is 13.1 Å². The van der Waals surface area contributed by atoms with Gasteiger partial charge >= 0.3 is 0 Å². The Morgan fingerprint density at radius 1 is 1.32 bits per heavy atom. The average molecular weight is 264 g/mol. The molecule has 0 bridgehead atoms. The number of rotatable bonds is 1. The van der Waals surface area contributed by atoms with E-state index < -0.39 is 0 Å². The summed E-state index contributed by atoms with van der Waals surface area (Å²) in [5, 5.41) is 6.96. The Hall–Kier alpha value is -1.39. The first-order valence-electron chi connectivity index (χ1n) is 7.10. The van der Waals surface area contributed by atoms with E-state index in [1.54, 1.807) is 0 Å². The van der Waals surface area contributed by atoms with E-state index in [-0.39, 0.29) is 11.3 Å². The summed E-state index contributed by atoms with van der Waals surface area (Å²) in [5.41, 5.74) is -0.112. The lowest BCUT2D eigenvalue weighted by Crippen LogP contribution is -2.32. The molecule has 1 atom stereocenters. The van der Waals surface area contributed by atoms with Crippen LogP contribution in [0.15, 0.2) is 0 Å². The second kappa shape index (κ2) is 5.31. The molecule has 1 N–H and O–H groups in total. The van der Waals surface area contributed by atoms with Crippen LogP contribution in [0.25, 0.3) is 0 Å². The van der Waals surface area contributed by atoms with Crippen LogP contribution in [0.5, 0.6) is 0 Å². The molecule has 1 unspecified atom stereocenters. The number of carbonyl (C=O) groups is 1. The van der Waals surface area contributed by atoms with Crippen LogP contribution in [0.3, 0.4) is 0 Å². The minimum Gasteiger partial charge on any atom is -0.336 e. The van der Waals surface area contributed by atoms with Crippen LogP contribution in [0.4, 0.5) is 0 Å². The highest BCUT2D eigenvalue weighted by atomic mass is 16.2. The largest absolute Gasteiger partial charge is 0.336 e. The molecule has 2 rings (SSSR count). The summed E-state index contributed by atoms with van der Waals surface area (Å²) in [6.45, 7) is 10.0. The molecular formula is C14H24N4O. The van der Waals surface area contributed by atoms with Crippen molar-refractivity contribution in [3.63, 3.8) is 0 Å². The number of likely N-dealkylation sites (tertiary alicyclic amines) is 1. The van der Waals surface area contributed by atoms with Gasteiger partial charge in [-0.1, -0.05) is 27.7 Å². The lowest BCUT2D eigenvalue weighted by atomic mass is 9.96. The van der Waals surface area contributed by atoms with E-state index in [0.29, 0.717) is 11.7 Å². The molecule has 1 aromatic rings. The molecule has 0 aromatic carbocycles. The number of H-pyrrole nitrogens is 1. The summed E-state index contributed by atoms with van der Waals surface area (Å²) in [7, 11) is 0. The monoisotopic (exact) mass is 264 g/mol. The fourth-order valence-electron chi connectivity index (χ4n) is 2.30. The second-order valence-corrected chi connectivity index (χ2v) is 6.59. The van der Waals surface area contributed by atoms with Crippen molar-refractivity contribution in [3.05, 3.63) is 11.6 Å². The molecule has 1 aliphatic rings. The number of nitrogens with zero attached hydrogens (tertiary/aromatic N) is 3. The van der Waals surface area contributed by atoms with Gasteiger partial charge in [-0.25, -0.2) is 4.98 Å². The molecule has 1 amide bonds. The van der Waals surface area contributed by atoms with Gasteiger partial charge in [0, 0.05) is 18.5 Å². The molecule has 5 heteroatoms. The second-order valence-electron chi connectivity index (χ2n) is 6.59. The Balaban J connectivity index is 2.09. The van der Waals surface area contributed by atoms with E-state index >= 15 is 0 Å². The molecule has 0 radical (unpaired) electrons. The number of aromatic amines is 1. The zero-order chi connectivity index (χ0) is 14.0. The van der Waals surface area contributed by atoms with Crippen LogP contribution in [-0.2, 0) is 5.41 Å². The van der Waals surface area contributed by atoms with E-state index in [4.69, 9.17) is 0 Å². The van der Waals surface area contributed by atoms with E-state index in [2.05, 4.69) is 42.9 Å². The van der Waals surface area contributed by atoms with Gasteiger partial charge in [0.1, 0.15) is 5.82 Å². The lowest BCUT2D eigenvalue weighted by Gasteiger charge is -2.18. The minimum absolute atomic E-state index is 0.0409. The summed E-state index contributed by atoms with van der Waals surface area (Å²) in [6.07, 6.45) is 3.34. The normalized spacial score (nSPS) is 21.3. The van der Waals surface area contributed by atoms with Crippen molar-refractivity contribution < 1.29 is 4.79 Å². The first-order chi connectivity index (χ1) is 8.88. The number of carbonyl (C=O) groups excluding carboxylic acids is 1. The molecule has 1 saturated heterocycles. The summed E-state index contributed by atoms with van der Waals surface area (Å²) in [6, 6.07) is 0. The smallest absolute Gasteiger partial charge is 0.293 e. The molecular weight excluding hydrogens is 240 g/mol. The standard InChI is InChI=1S/C14H24N4O/c1-10-6-5-8-18(9-7-10)12(19)11-15-13(17-16-11)14(2,3)4/h10H,5-9H2,1-4H3,(H,15,16,17). The topological polar surface area (TPSA) is 61.9 Å². The Labute approximate surface area is 114 Å². The molecule has 106 valence electrons. The van der Waals surface area contributed by atoms with Gasteiger partial charge in [0.25, 0.3) is 5.91 Å². The Morgan fingerprint density at radius 3 is 2.68 bits per heavy atom. The van der Waals surface area contributed by atoms with Gasteiger partial charge in [0.05, 0.1) is 0 Å². The molecule has 0 aliphatic carbocycles. The van der Waals surface area contributed by atoms with E-state index in [9.17, 15) is 4.79 Å². The molecule has 2 heterocycles. The maximum Gasteiger partial charge on any atom is 0.293 e. The van der Waals surface area contributed by atoms with Crippen molar-refractivity contribution in [1.82, 2.24) is 20.1 Å². The van der Waals surface area contributed by atoms with Crippen LogP contribution >= 0.6 is 0 Å². The maximum atomic E-state index is 12.4. The molecule has 19 heavy (non-hydrogen) atoms. The van der Waals surface area contributed by atoms with E-state index in [0.717, 1.165) is 31.8 Å². The summed E-state index contributed by atoms with van der Waals surface area (Å²) >= 11 is 0. The van der Waals surface area contributed by atoms with Gasteiger partial charge in [-0.3, -0.25) is 9.89 Å². The Bertz CT molecular complexity index is 447. The first kappa shape index (κ1) is 14.0. The van der Waals surface area contributed by atoms with Crippen molar-refractivity contribution in [2.45, 2.75) is 52.4 Å².